The fourth-order valence-electron chi connectivity index (χ4n) is 1.25. The molecule has 4 nitrogen and oxygen atoms in total. The maximum Gasteiger partial charge on any atom is 0.283 e. The van der Waals surface area contributed by atoms with E-state index in [2.05, 4.69) is 14.9 Å². The maximum atomic E-state index is 12.9. The lowest BCUT2D eigenvalue weighted by molar-refractivity contribution is 0.101. The van der Waals surface area contributed by atoms with Crippen molar-refractivity contribution in [1.29, 1.82) is 0 Å². The van der Waals surface area contributed by atoms with Crippen LogP contribution in [-0.2, 0) is 0 Å². The van der Waals surface area contributed by atoms with Crippen LogP contribution in [0.25, 0.3) is 0 Å². The third kappa shape index (κ3) is 2.65. The lowest BCUT2D eigenvalue weighted by atomic mass is 10.3. The molecular weight excluding hydrogens is 267 g/mol. The molecule has 0 aliphatic rings. The number of hydrogen-bond donors (Lipinski definition) is 1. The van der Waals surface area contributed by atoms with Crippen LogP contribution in [0.1, 0.15) is 21.8 Å². The fraction of sp³-hybridized carbons (Fsp3) is 0.100. The highest BCUT2D eigenvalue weighted by Crippen LogP contribution is 2.23. The summed E-state index contributed by atoms with van der Waals surface area (Å²) in [5, 5.41) is 5.48. The van der Waals surface area contributed by atoms with Gasteiger partial charge >= 0.3 is 0 Å². The highest BCUT2D eigenvalue weighted by molar-refractivity contribution is 7.08. The first-order chi connectivity index (χ1) is 8.58. The SMILES string of the molecule is O=C(Nc1cccc(F)c1)c1snnc1C(F)F. The van der Waals surface area contributed by atoms with E-state index in [-0.39, 0.29) is 10.6 Å². The molecule has 0 bridgehead atoms. The molecule has 0 fully saturated rings. The molecular formula is C10H6F3N3OS. The number of rotatable bonds is 3. The van der Waals surface area contributed by atoms with Gasteiger partial charge in [0.15, 0.2) is 5.69 Å². The number of carbonyl (C=O) groups is 1. The molecule has 0 spiro atoms. The number of nitrogens with zero attached hydrogens (tertiary/aromatic N) is 2. The monoisotopic (exact) mass is 273 g/mol. The van der Waals surface area contributed by atoms with Gasteiger partial charge < -0.3 is 5.32 Å². The normalized spacial score (nSPS) is 10.7. The Morgan fingerprint density at radius 2 is 2.17 bits per heavy atom. The molecule has 0 unspecified atom stereocenters. The molecule has 1 aromatic heterocycles. The van der Waals surface area contributed by atoms with E-state index < -0.39 is 23.8 Å². The van der Waals surface area contributed by atoms with Crippen LogP contribution in [-0.4, -0.2) is 15.5 Å². The van der Waals surface area contributed by atoms with E-state index in [9.17, 15) is 18.0 Å². The van der Waals surface area contributed by atoms with Gasteiger partial charge in [-0.3, -0.25) is 4.79 Å². The van der Waals surface area contributed by atoms with Crippen LogP contribution < -0.4 is 5.32 Å². The highest BCUT2D eigenvalue weighted by atomic mass is 32.1. The Balaban J connectivity index is 2.20. The number of amides is 1. The molecule has 0 atom stereocenters. The number of halogens is 3. The van der Waals surface area contributed by atoms with Crippen LogP contribution in [0, 0.1) is 5.82 Å². The van der Waals surface area contributed by atoms with E-state index in [1.807, 2.05) is 0 Å². The van der Waals surface area contributed by atoms with Crippen molar-refractivity contribution in [2.75, 3.05) is 5.32 Å². The molecule has 2 rings (SSSR count). The summed E-state index contributed by atoms with van der Waals surface area (Å²) in [4.78, 5) is 11.4. The van der Waals surface area contributed by atoms with Crippen LogP contribution >= 0.6 is 11.5 Å². The number of benzene rings is 1. The van der Waals surface area contributed by atoms with Gasteiger partial charge in [-0.05, 0) is 29.7 Å². The summed E-state index contributed by atoms with van der Waals surface area (Å²) < 4.78 is 41.2. The number of anilines is 1. The number of nitrogens with one attached hydrogen (secondary N) is 1. The Bertz CT molecular complexity index is 573. The van der Waals surface area contributed by atoms with Crippen LogP contribution in [0.2, 0.25) is 0 Å². The van der Waals surface area contributed by atoms with Crippen molar-refractivity contribution in [2.45, 2.75) is 6.43 Å². The predicted molar refractivity (Wildman–Crippen MR) is 59.2 cm³/mol. The first kappa shape index (κ1) is 12.5. The lowest BCUT2D eigenvalue weighted by Gasteiger charge is -2.04. The van der Waals surface area contributed by atoms with Crippen molar-refractivity contribution >= 4 is 23.1 Å². The standard InChI is InChI=1S/C10H6F3N3OS/c11-5-2-1-3-6(4-5)14-10(17)8-7(9(12)13)15-16-18-8/h1-4,9H,(H,14,17). The minimum Gasteiger partial charge on any atom is -0.321 e. The van der Waals surface area contributed by atoms with E-state index >= 15 is 0 Å². The Hall–Kier alpha value is -1.96. The van der Waals surface area contributed by atoms with Gasteiger partial charge in [0, 0.05) is 5.69 Å². The first-order valence-corrected chi connectivity index (χ1v) is 5.52. The predicted octanol–water partition coefficient (Wildman–Crippen LogP) is 2.87. The second-order valence-electron chi connectivity index (χ2n) is 3.25. The maximum absolute atomic E-state index is 12.9. The molecule has 0 aliphatic heterocycles. The summed E-state index contributed by atoms with van der Waals surface area (Å²) in [6, 6.07) is 5.12. The molecule has 1 heterocycles. The third-order valence-electron chi connectivity index (χ3n) is 2.01. The Morgan fingerprint density at radius 1 is 1.39 bits per heavy atom. The zero-order valence-corrected chi connectivity index (χ0v) is 9.55. The van der Waals surface area contributed by atoms with Crippen LogP contribution in [0.3, 0.4) is 0 Å². The van der Waals surface area contributed by atoms with Crippen LogP contribution in [0.4, 0.5) is 18.9 Å². The summed E-state index contributed by atoms with van der Waals surface area (Å²) in [6.45, 7) is 0. The molecule has 1 aromatic carbocycles. The number of aromatic nitrogens is 2. The molecule has 0 saturated carbocycles. The summed E-state index contributed by atoms with van der Waals surface area (Å²) in [7, 11) is 0. The average Bonchev–Trinajstić information content (AvgIpc) is 2.77. The van der Waals surface area contributed by atoms with E-state index in [1.54, 1.807) is 0 Å². The topological polar surface area (TPSA) is 54.9 Å². The van der Waals surface area contributed by atoms with Gasteiger partial charge in [0.2, 0.25) is 0 Å². The minimum atomic E-state index is -2.88. The van der Waals surface area contributed by atoms with Gasteiger partial charge in [-0.25, -0.2) is 13.2 Å². The Labute approximate surface area is 104 Å². The number of carbonyl (C=O) groups excluding carboxylic acids is 1. The van der Waals surface area contributed by atoms with Gasteiger partial charge in [0.1, 0.15) is 10.7 Å². The van der Waals surface area contributed by atoms with Crippen molar-refractivity contribution in [1.82, 2.24) is 9.59 Å². The summed E-state index contributed by atoms with van der Waals surface area (Å²) in [5.41, 5.74) is -0.498. The van der Waals surface area contributed by atoms with Gasteiger partial charge in [0.25, 0.3) is 12.3 Å². The average molecular weight is 273 g/mol. The largest absolute Gasteiger partial charge is 0.321 e. The fourth-order valence-corrected chi connectivity index (χ4v) is 1.82. The Kier molecular flexibility index (Phi) is 3.56. The second-order valence-corrected chi connectivity index (χ2v) is 4.01. The van der Waals surface area contributed by atoms with E-state index in [0.29, 0.717) is 11.5 Å². The van der Waals surface area contributed by atoms with Gasteiger partial charge in [0.05, 0.1) is 0 Å². The molecule has 0 aliphatic carbocycles. The molecule has 94 valence electrons. The molecule has 0 saturated heterocycles. The molecule has 1 N–H and O–H groups in total. The summed E-state index contributed by atoms with van der Waals surface area (Å²) in [6.07, 6.45) is -2.88. The second kappa shape index (κ2) is 5.13. The smallest absolute Gasteiger partial charge is 0.283 e. The summed E-state index contributed by atoms with van der Waals surface area (Å²) >= 11 is 0.563. The lowest BCUT2D eigenvalue weighted by Crippen LogP contribution is -2.12. The Morgan fingerprint density at radius 3 is 2.83 bits per heavy atom. The zero-order chi connectivity index (χ0) is 13.1. The van der Waals surface area contributed by atoms with Crippen LogP contribution in [0.5, 0.6) is 0 Å². The molecule has 8 heteroatoms. The van der Waals surface area contributed by atoms with Crippen LogP contribution in [0.15, 0.2) is 24.3 Å². The molecule has 0 radical (unpaired) electrons. The van der Waals surface area contributed by atoms with Gasteiger partial charge in [-0.1, -0.05) is 10.6 Å². The van der Waals surface area contributed by atoms with Gasteiger partial charge in [-0.2, -0.15) is 0 Å². The molecule has 18 heavy (non-hydrogen) atoms. The molecule has 1 amide bonds. The van der Waals surface area contributed by atoms with Crippen molar-refractivity contribution in [2.24, 2.45) is 0 Å². The summed E-state index contributed by atoms with van der Waals surface area (Å²) in [5.74, 6) is -1.32. The van der Waals surface area contributed by atoms with Crippen molar-refractivity contribution in [3.63, 3.8) is 0 Å². The number of hydrogen-bond acceptors (Lipinski definition) is 4. The first-order valence-electron chi connectivity index (χ1n) is 4.75. The van der Waals surface area contributed by atoms with Crippen molar-refractivity contribution < 1.29 is 18.0 Å². The van der Waals surface area contributed by atoms with Gasteiger partial charge in [-0.15, -0.1) is 5.10 Å². The van der Waals surface area contributed by atoms with E-state index in [4.69, 9.17) is 0 Å². The quantitative estimate of drug-likeness (QED) is 0.935. The molecule has 2 aromatic rings. The highest BCUT2D eigenvalue weighted by Gasteiger charge is 2.23. The van der Waals surface area contributed by atoms with Crippen molar-refractivity contribution in [3.8, 4) is 0 Å². The number of alkyl halides is 2. The minimum absolute atomic E-state index is 0.175. The van der Waals surface area contributed by atoms with Crippen molar-refractivity contribution in [3.05, 3.63) is 40.7 Å². The zero-order valence-electron chi connectivity index (χ0n) is 8.73. The van der Waals surface area contributed by atoms with E-state index in [0.717, 1.165) is 6.07 Å². The third-order valence-corrected chi connectivity index (χ3v) is 2.75. The van der Waals surface area contributed by atoms with E-state index in [1.165, 1.54) is 18.2 Å².